The van der Waals surface area contributed by atoms with Crippen molar-refractivity contribution in [3.8, 4) is 0 Å². The Hall–Kier alpha value is -3.07. The lowest BCUT2D eigenvalue weighted by Crippen LogP contribution is -2.50. The molecule has 31 heavy (non-hydrogen) atoms. The normalized spacial score (nSPS) is 17.4. The third kappa shape index (κ3) is 3.06. The number of nitrogens with one attached hydrogen (secondary N) is 1. The van der Waals surface area contributed by atoms with Gasteiger partial charge in [0.1, 0.15) is 5.78 Å². The molecule has 1 aromatic carbocycles. The Bertz CT molecular complexity index is 1230. The minimum Gasteiger partial charge on any atom is -0.339 e. The van der Waals surface area contributed by atoms with Gasteiger partial charge in [-0.15, -0.1) is 0 Å². The number of hydrogen-bond donors (Lipinski definition) is 1. The first kappa shape index (κ1) is 19.9. The van der Waals surface area contributed by atoms with Crippen LogP contribution in [-0.2, 0) is 15.0 Å². The van der Waals surface area contributed by atoms with Crippen molar-refractivity contribution in [1.82, 2.24) is 20.1 Å². The highest BCUT2D eigenvalue weighted by Gasteiger charge is 2.53. The molecular formula is C22H20BrN5O3. The number of pyridine rings is 1. The van der Waals surface area contributed by atoms with Gasteiger partial charge in [-0.2, -0.15) is 5.10 Å². The van der Waals surface area contributed by atoms with Gasteiger partial charge in [0, 0.05) is 40.4 Å². The van der Waals surface area contributed by atoms with Crippen LogP contribution in [0.25, 0.3) is 11.0 Å². The smallest absolute Gasteiger partial charge is 0.255 e. The summed E-state index contributed by atoms with van der Waals surface area (Å²) in [5.74, 6) is -0.229. The van der Waals surface area contributed by atoms with Crippen molar-refractivity contribution in [2.75, 3.05) is 24.5 Å². The molecule has 8 nitrogen and oxygen atoms in total. The van der Waals surface area contributed by atoms with Crippen LogP contribution in [0.15, 0.2) is 41.1 Å². The van der Waals surface area contributed by atoms with Crippen molar-refractivity contribution >= 4 is 50.2 Å². The zero-order chi connectivity index (χ0) is 21.8. The molecule has 0 aliphatic carbocycles. The van der Waals surface area contributed by atoms with E-state index in [1.807, 2.05) is 18.2 Å². The van der Waals surface area contributed by atoms with Crippen LogP contribution in [0, 0.1) is 0 Å². The average molecular weight is 482 g/mol. The van der Waals surface area contributed by atoms with Crippen molar-refractivity contribution in [3.05, 3.63) is 52.3 Å². The van der Waals surface area contributed by atoms with Crippen molar-refractivity contribution in [2.24, 2.45) is 0 Å². The number of H-pyrrole nitrogens is 1. The van der Waals surface area contributed by atoms with Gasteiger partial charge in [0.15, 0.2) is 5.65 Å². The number of carbonyl (C=O) groups is 3. The maximum atomic E-state index is 13.5. The van der Waals surface area contributed by atoms with E-state index in [4.69, 9.17) is 0 Å². The van der Waals surface area contributed by atoms with E-state index in [9.17, 15) is 14.4 Å². The Morgan fingerprint density at radius 1 is 1.23 bits per heavy atom. The summed E-state index contributed by atoms with van der Waals surface area (Å²) < 4.78 is 0.860. The summed E-state index contributed by atoms with van der Waals surface area (Å²) in [6, 6.07) is 7.47. The van der Waals surface area contributed by atoms with Gasteiger partial charge >= 0.3 is 0 Å². The number of amides is 2. The van der Waals surface area contributed by atoms with E-state index in [2.05, 4.69) is 31.1 Å². The molecule has 2 amide bonds. The van der Waals surface area contributed by atoms with Crippen LogP contribution in [0.5, 0.6) is 0 Å². The third-order valence-corrected chi connectivity index (χ3v) is 6.90. The zero-order valence-corrected chi connectivity index (χ0v) is 18.5. The van der Waals surface area contributed by atoms with Gasteiger partial charge < -0.3 is 9.80 Å². The van der Waals surface area contributed by atoms with Crippen molar-refractivity contribution in [2.45, 2.75) is 25.2 Å². The molecule has 1 saturated heterocycles. The van der Waals surface area contributed by atoms with E-state index in [-0.39, 0.29) is 24.1 Å². The zero-order valence-electron chi connectivity index (χ0n) is 16.9. The highest BCUT2D eigenvalue weighted by molar-refractivity contribution is 9.10. The van der Waals surface area contributed by atoms with Gasteiger partial charge in [0.2, 0.25) is 5.91 Å². The topological polar surface area (TPSA) is 99.3 Å². The van der Waals surface area contributed by atoms with Gasteiger partial charge in [-0.05, 0) is 38.0 Å². The van der Waals surface area contributed by atoms with Gasteiger partial charge in [-0.3, -0.25) is 19.5 Å². The van der Waals surface area contributed by atoms with Crippen LogP contribution in [0.1, 0.15) is 35.7 Å². The van der Waals surface area contributed by atoms with E-state index < -0.39 is 5.41 Å². The molecule has 9 heteroatoms. The SMILES string of the molecule is CC(=O)CN1C(=O)C2(CCN(C(=O)c3cnc4[nH]ncc4c3)CC2)c2c(Br)cccc21. The second kappa shape index (κ2) is 7.26. The number of ketones is 1. The van der Waals surface area contributed by atoms with Crippen LogP contribution in [-0.4, -0.2) is 57.3 Å². The van der Waals surface area contributed by atoms with Crippen LogP contribution >= 0.6 is 15.9 Å². The first-order chi connectivity index (χ1) is 14.9. The predicted octanol–water partition coefficient (Wildman–Crippen LogP) is 2.83. The number of aromatic nitrogens is 3. The summed E-state index contributed by atoms with van der Waals surface area (Å²) in [5.41, 5.74) is 2.12. The lowest BCUT2D eigenvalue weighted by molar-refractivity contribution is -0.126. The fraction of sp³-hybridized carbons (Fsp3) is 0.318. The second-order valence-electron chi connectivity index (χ2n) is 8.13. The Labute approximate surface area is 186 Å². The molecule has 158 valence electrons. The Morgan fingerprint density at radius 2 is 2.00 bits per heavy atom. The van der Waals surface area contributed by atoms with E-state index in [1.165, 1.54) is 6.92 Å². The highest BCUT2D eigenvalue weighted by Crippen LogP contribution is 2.50. The number of carbonyl (C=O) groups excluding carboxylic acids is 3. The average Bonchev–Trinajstić information content (AvgIpc) is 3.31. The monoisotopic (exact) mass is 481 g/mol. The number of aromatic amines is 1. The fourth-order valence-corrected chi connectivity index (χ4v) is 5.49. The molecule has 5 rings (SSSR count). The fourth-order valence-electron chi connectivity index (χ4n) is 4.76. The minimum absolute atomic E-state index is 0.0572. The number of piperidine rings is 1. The predicted molar refractivity (Wildman–Crippen MR) is 118 cm³/mol. The number of likely N-dealkylation sites (tertiary alicyclic amines) is 1. The number of anilines is 1. The minimum atomic E-state index is -0.728. The summed E-state index contributed by atoms with van der Waals surface area (Å²) >= 11 is 3.62. The Kier molecular flexibility index (Phi) is 4.65. The molecule has 1 N–H and O–H groups in total. The van der Waals surface area contributed by atoms with Gasteiger partial charge in [0.05, 0.1) is 23.7 Å². The second-order valence-corrected chi connectivity index (χ2v) is 8.99. The molecule has 1 spiro atoms. The highest BCUT2D eigenvalue weighted by atomic mass is 79.9. The van der Waals surface area contributed by atoms with Crippen LogP contribution in [0.4, 0.5) is 5.69 Å². The number of halogens is 1. The lowest BCUT2D eigenvalue weighted by Gasteiger charge is -2.38. The number of fused-ring (bicyclic) bond motifs is 3. The molecule has 2 aliphatic rings. The molecule has 0 saturated carbocycles. The summed E-state index contributed by atoms with van der Waals surface area (Å²) in [6.45, 7) is 2.44. The first-order valence-corrected chi connectivity index (χ1v) is 10.9. The lowest BCUT2D eigenvalue weighted by atomic mass is 9.73. The maximum absolute atomic E-state index is 13.5. The Morgan fingerprint density at radius 3 is 2.74 bits per heavy atom. The maximum Gasteiger partial charge on any atom is 0.255 e. The molecular weight excluding hydrogens is 462 g/mol. The Balaban J connectivity index is 1.43. The largest absolute Gasteiger partial charge is 0.339 e. The molecule has 3 aromatic rings. The summed E-state index contributed by atoms with van der Waals surface area (Å²) in [4.78, 5) is 46.0. The number of nitrogens with zero attached hydrogens (tertiary/aromatic N) is 4. The number of Topliss-reactive ketones (excluding diaryl/α,β-unsaturated/α-hetero) is 1. The molecule has 2 aromatic heterocycles. The molecule has 0 radical (unpaired) electrons. The van der Waals surface area contributed by atoms with E-state index in [0.717, 1.165) is 21.1 Å². The first-order valence-electron chi connectivity index (χ1n) is 10.1. The van der Waals surface area contributed by atoms with Crippen molar-refractivity contribution in [1.29, 1.82) is 0 Å². The van der Waals surface area contributed by atoms with E-state index >= 15 is 0 Å². The quantitative estimate of drug-likeness (QED) is 0.619. The van der Waals surface area contributed by atoms with E-state index in [1.54, 1.807) is 28.3 Å². The van der Waals surface area contributed by atoms with Gasteiger partial charge in [0.25, 0.3) is 5.91 Å². The van der Waals surface area contributed by atoms with Gasteiger partial charge in [-0.25, -0.2) is 4.98 Å². The standard InChI is InChI=1S/C22H20BrN5O3/c1-13(29)12-28-17-4-2-3-16(23)18(17)22(21(28)31)5-7-27(8-6-22)20(30)15-9-14-11-25-26-19(14)24-10-15/h2-4,9-11H,5-8,12H2,1H3,(H,24,25,26). The molecule has 4 heterocycles. The summed E-state index contributed by atoms with van der Waals surface area (Å²) in [6.07, 6.45) is 4.19. The van der Waals surface area contributed by atoms with Crippen molar-refractivity contribution in [3.63, 3.8) is 0 Å². The van der Waals surface area contributed by atoms with Crippen LogP contribution < -0.4 is 4.90 Å². The molecule has 0 atom stereocenters. The summed E-state index contributed by atoms with van der Waals surface area (Å²) in [7, 11) is 0. The van der Waals surface area contributed by atoms with Crippen LogP contribution in [0.2, 0.25) is 0 Å². The van der Waals surface area contributed by atoms with Gasteiger partial charge in [-0.1, -0.05) is 22.0 Å². The number of rotatable bonds is 3. The molecule has 1 fully saturated rings. The molecule has 2 aliphatic heterocycles. The number of benzene rings is 1. The molecule has 0 unspecified atom stereocenters. The van der Waals surface area contributed by atoms with Crippen molar-refractivity contribution < 1.29 is 14.4 Å². The summed E-state index contributed by atoms with van der Waals surface area (Å²) in [5, 5.41) is 7.50. The molecule has 0 bridgehead atoms. The number of hydrogen-bond acceptors (Lipinski definition) is 5. The van der Waals surface area contributed by atoms with E-state index in [0.29, 0.717) is 37.1 Å². The third-order valence-electron chi connectivity index (χ3n) is 6.24. The van der Waals surface area contributed by atoms with Crippen LogP contribution in [0.3, 0.4) is 0 Å².